The Balaban J connectivity index is 2.38. The molecule has 1 aromatic rings. The highest BCUT2D eigenvalue weighted by Crippen LogP contribution is 2.14. The van der Waals surface area contributed by atoms with Gasteiger partial charge in [0.05, 0.1) is 6.61 Å². The Hall–Kier alpha value is -1.08. The monoisotopic (exact) mass is 218 g/mol. The van der Waals surface area contributed by atoms with Gasteiger partial charge >= 0.3 is 5.97 Å². The van der Waals surface area contributed by atoms with E-state index in [0.717, 1.165) is 11.8 Å². The van der Waals surface area contributed by atoms with Crippen LogP contribution < -0.4 is 0 Å². The largest absolute Gasteiger partial charge is 0.481 e. The fourth-order valence-corrected chi connectivity index (χ4v) is 1.22. The summed E-state index contributed by atoms with van der Waals surface area (Å²) in [5.41, 5.74) is 0. The number of carboxylic acids is 1. The molecule has 0 atom stereocenters. The summed E-state index contributed by atoms with van der Waals surface area (Å²) in [7, 11) is 1.58. The summed E-state index contributed by atoms with van der Waals surface area (Å²) in [5.74, 6) is -0.460. The van der Waals surface area contributed by atoms with E-state index in [2.05, 4.69) is 10.1 Å². The van der Waals surface area contributed by atoms with Gasteiger partial charge in [0, 0.05) is 13.5 Å². The number of hydrogen-bond acceptors (Lipinski definition) is 6. The van der Waals surface area contributed by atoms with Gasteiger partial charge in [-0.1, -0.05) is 16.9 Å². The molecule has 7 heteroatoms. The average Bonchev–Trinajstić information content (AvgIpc) is 2.59. The molecule has 0 spiro atoms. The number of methoxy groups -OCH3 is 1. The van der Waals surface area contributed by atoms with Crippen LogP contribution in [0.1, 0.15) is 5.82 Å². The second-order valence-corrected chi connectivity index (χ2v) is 3.33. The molecule has 0 saturated carbocycles. The summed E-state index contributed by atoms with van der Waals surface area (Å²) in [6.45, 7) is 0.516. The van der Waals surface area contributed by atoms with E-state index in [9.17, 15) is 4.79 Å². The molecule has 1 N–H and O–H groups in total. The van der Waals surface area contributed by atoms with Crippen LogP contribution in [0.3, 0.4) is 0 Å². The van der Waals surface area contributed by atoms with Gasteiger partial charge < -0.3 is 14.4 Å². The second-order valence-electron chi connectivity index (χ2n) is 2.40. The molecule has 1 aromatic heterocycles. The van der Waals surface area contributed by atoms with E-state index >= 15 is 0 Å². The van der Waals surface area contributed by atoms with Crippen molar-refractivity contribution >= 4 is 17.7 Å². The minimum atomic E-state index is -0.911. The first-order valence-electron chi connectivity index (χ1n) is 3.88. The number of carboxylic acid groups (broad SMARTS) is 1. The van der Waals surface area contributed by atoms with Crippen molar-refractivity contribution in [2.24, 2.45) is 0 Å². The van der Waals surface area contributed by atoms with E-state index in [4.69, 9.17) is 14.4 Å². The maximum atomic E-state index is 10.2. The van der Waals surface area contributed by atoms with Gasteiger partial charge in [-0.2, -0.15) is 4.98 Å². The lowest BCUT2D eigenvalue weighted by molar-refractivity contribution is -0.133. The standard InChI is InChI=1S/C7H10N2O4S/c1-12-3-2-5-8-7(13-9-5)14-4-6(10)11/h2-4H2,1H3,(H,10,11). The molecule has 14 heavy (non-hydrogen) atoms. The van der Waals surface area contributed by atoms with Crippen LogP contribution in [0.2, 0.25) is 0 Å². The van der Waals surface area contributed by atoms with Gasteiger partial charge in [-0.25, -0.2) is 0 Å². The van der Waals surface area contributed by atoms with E-state index in [0.29, 0.717) is 18.9 Å². The number of carbonyl (C=O) groups is 1. The lowest BCUT2D eigenvalue weighted by Gasteiger charge is -1.90. The third-order valence-electron chi connectivity index (χ3n) is 1.30. The molecule has 0 aliphatic rings. The number of aromatic nitrogens is 2. The topological polar surface area (TPSA) is 85.5 Å². The van der Waals surface area contributed by atoms with Gasteiger partial charge in [-0.15, -0.1) is 0 Å². The zero-order valence-corrected chi connectivity index (χ0v) is 8.41. The van der Waals surface area contributed by atoms with Crippen molar-refractivity contribution < 1.29 is 19.2 Å². The number of nitrogens with zero attached hydrogens (tertiary/aromatic N) is 2. The van der Waals surface area contributed by atoms with E-state index < -0.39 is 5.97 Å². The van der Waals surface area contributed by atoms with Crippen molar-refractivity contribution in [3.8, 4) is 0 Å². The van der Waals surface area contributed by atoms with Crippen molar-refractivity contribution in [1.29, 1.82) is 0 Å². The first-order valence-corrected chi connectivity index (χ1v) is 4.87. The van der Waals surface area contributed by atoms with Gasteiger partial charge in [0.2, 0.25) is 0 Å². The fraction of sp³-hybridized carbons (Fsp3) is 0.571. The minimum Gasteiger partial charge on any atom is -0.481 e. The van der Waals surface area contributed by atoms with Crippen molar-refractivity contribution in [3.05, 3.63) is 5.82 Å². The van der Waals surface area contributed by atoms with Crippen LogP contribution in [0.15, 0.2) is 9.75 Å². The number of ether oxygens (including phenoxy) is 1. The quantitative estimate of drug-likeness (QED) is 0.693. The maximum Gasteiger partial charge on any atom is 0.314 e. The van der Waals surface area contributed by atoms with Gasteiger partial charge in [-0.3, -0.25) is 4.79 Å². The van der Waals surface area contributed by atoms with Crippen LogP contribution in [-0.4, -0.2) is 40.7 Å². The Morgan fingerprint density at radius 3 is 3.14 bits per heavy atom. The molecule has 6 nitrogen and oxygen atoms in total. The highest BCUT2D eigenvalue weighted by atomic mass is 32.2. The summed E-state index contributed by atoms with van der Waals surface area (Å²) in [6.07, 6.45) is 0.563. The molecule has 0 aromatic carbocycles. The van der Waals surface area contributed by atoms with Crippen LogP contribution >= 0.6 is 11.8 Å². The smallest absolute Gasteiger partial charge is 0.314 e. The van der Waals surface area contributed by atoms with Gasteiger partial charge in [-0.05, 0) is 0 Å². The molecule has 0 amide bonds. The highest BCUT2D eigenvalue weighted by molar-refractivity contribution is 7.99. The van der Waals surface area contributed by atoms with Gasteiger partial charge in [0.25, 0.3) is 5.22 Å². The molecule has 0 bridgehead atoms. The maximum absolute atomic E-state index is 10.2. The van der Waals surface area contributed by atoms with E-state index in [-0.39, 0.29) is 11.0 Å². The molecule has 0 fully saturated rings. The van der Waals surface area contributed by atoms with Crippen molar-refractivity contribution in [1.82, 2.24) is 10.1 Å². The molecule has 78 valence electrons. The van der Waals surface area contributed by atoms with Crippen LogP contribution in [0, 0.1) is 0 Å². The lowest BCUT2D eigenvalue weighted by atomic mass is 10.4. The lowest BCUT2D eigenvalue weighted by Crippen LogP contribution is -1.98. The number of aliphatic carboxylic acids is 1. The van der Waals surface area contributed by atoms with E-state index in [1.54, 1.807) is 7.11 Å². The summed E-state index contributed by atoms with van der Waals surface area (Å²) < 4.78 is 9.63. The summed E-state index contributed by atoms with van der Waals surface area (Å²) in [6, 6.07) is 0. The zero-order chi connectivity index (χ0) is 10.4. The van der Waals surface area contributed by atoms with Crippen LogP contribution in [0.5, 0.6) is 0 Å². The molecular formula is C7H10N2O4S. The Labute approximate surface area is 84.6 Å². The first kappa shape index (κ1) is 11.0. The molecule has 1 heterocycles. The van der Waals surface area contributed by atoms with E-state index in [1.165, 1.54) is 0 Å². The SMILES string of the molecule is COCCc1noc(SCC(=O)O)n1. The highest BCUT2D eigenvalue weighted by Gasteiger charge is 2.08. The molecule has 0 aliphatic heterocycles. The summed E-state index contributed by atoms with van der Waals surface area (Å²) in [5, 5.41) is 12.3. The number of thioether (sulfide) groups is 1. The van der Waals surface area contributed by atoms with Crippen molar-refractivity contribution in [2.75, 3.05) is 19.5 Å². The molecule has 1 rings (SSSR count). The van der Waals surface area contributed by atoms with Crippen molar-refractivity contribution in [2.45, 2.75) is 11.6 Å². The normalized spacial score (nSPS) is 10.4. The Kier molecular flexibility index (Phi) is 4.41. The Bertz CT molecular complexity index is 302. The first-order chi connectivity index (χ1) is 6.72. The zero-order valence-electron chi connectivity index (χ0n) is 7.60. The molecular weight excluding hydrogens is 208 g/mol. The summed E-state index contributed by atoms with van der Waals surface area (Å²) >= 11 is 1.00. The third kappa shape index (κ3) is 3.75. The van der Waals surface area contributed by atoms with Crippen molar-refractivity contribution in [3.63, 3.8) is 0 Å². The van der Waals surface area contributed by atoms with Gasteiger partial charge in [0.1, 0.15) is 5.75 Å². The number of rotatable bonds is 6. The Morgan fingerprint density at radius 2 is 2.50 bits per heavy atom. The predicted molar refractivity (Wildman–Crippen MR) is 48.2 cm³/mol. The van der Waals surface area contributed by atoms with Crippen LogP contribution in [0.4, 0.5) is 0 Å². The number of hydrogen-bond donors (Lipinski definition) is 1. The molecule has 0 saturated heterocycles. The molecule has 0 radical (unpaired) electrons. The van der Waals surface area contributed by atoms with Crippen LogP contribution in [0.25, 0.3) is 0 Å². The molecule has 0 aliphatic carbocycles. The van der Waals surface area contributed by atoms with E-state index in [1.807, 2.05) is 0 Å². The van der Waals surface area contributed by atoms with Crippen LogP contribution in [-0.2, 0) is 16.0 Å². The average molecular weight is 218 g/mol. The second kappa shape index (κ2) is 5.61. The minimum absolute atomic E-state index is 0.0775. The summed E-state index contributed by atoms with van der Waals surface area (Å²) in [4.78, 5) is 14.2. The Morgan fingerprint density at radius 1 is 1.71 bits per heavy atom. The fourth-order valence-electron chi connectivity index (χ4n) is 0.715. The third-order valence-corrected chi connectivity index (χ3v) is 2.10. The predicted octanol–water partition coefficient (Wildman–Crippen LogP) is 0.435. The molecule has 0 unspecified atom stereocenters. The van der Waals surface area contributed by atoms with Gasteiger partial charge in [0.15, 0.2) is 5.82 Å².